The van der Waals surface area contributed by atoms with E-state index in [0.717, 1.165) is 18.4 Å². The van der Waals surface area contributed by atoms with Crippen LogP contribution in [0.1, 0.15) is 48.0 Å². The molecule has 0 aliphatic heterocycles. The van der Waals surface area contributed by atoms with Gasteiger partial charge in [0, 0.05) is 5.56 Å². The van der Waals surface area contributed by atoms with Crippen LogP contribution in [0.15, 0.2) is 24.3 Å². The second kappa shape index (κ2) is 6.84. The first-order chi connectivity index (χ1) is 9.59. The van der Waals surface area contributed by atoms with Crippen LogP contribution in [0, 0.1) is 12.8 Å². The number of carbonyl (C=O) groups excluding carboxylic acids is 1. The first-order valence-corrected chi connectivity index (χ1v) is 7.66. The van der Waals surface area contributed by atoms with Crippen LogP contribution in [0.4, 0.5) is 0 Å². The molecule has 0 spiro atoms. The Kier molecular flexibility index (Phi) is 5.12. The van der Waals surface area contributed by atoms with Crippen LogP contribution in [0.3, 0.4) is 0 Å². The summed E-state index contributed by atoms with van der Waals surface area (Å²) in [7, 11) is 0. The van der Waals surface area contributed by atoms with E-state index < -0.39 is 0 Å². The van der Waals surface area contributed by atoms with E-state index in [1.54, 1.807) is 0 Å². The van der Waals surface area contributed by atoms with Crippen LogP contribution in [0.25, 0.3) is 0 Å². The minimum Gasteiger partial charge on any atom is -0.392 e. The van der Waals surface area contributed by atoms with Crippen LogP contribution in [0.2, 0.25) is 0 Å². The fourth-order valence-corrected chi connectivity index (χ4v) is 3.19. The molecule has 1 aliphatic carbocycles. The molecule has 0 radical (unpaired) electrons. The molecule has 4 heteroatoms. The van der Waals surface area contributed by atoms with Gasteiger partial charge in [-0.15, -0.1) is 0 Å². The van der Waals surface area contributed by atoms with E-state index in [9.17, 15) is 4.79 Å². The van der Waals surface area contributed by atoms with Crippen molar-refractivity contribution in [2.24, 2.45) is 11.7 Å². The van der Waals surface area contributed by atoms with Crippen LogP contribution >= 0.6 is 12.2 Å². The minimum absolute atomic E-state index is 0.0773. The molecule has 1 aliphatic rings. The van der Waals surface area contributed by atoms with Crippen LogP contribution in [0.5, 0.6) is 0 Å². The second-order valence-electron chi connectivity index (χ2n) is 5.57. The molecule has 0 bridgehead atoms. The van der Waals surface area contributed by atoms with Gasteiger partial charge in [-0.05, 0) is 37.3 Å². The van der Waals surface area contributed by atoms with E-state index in [1.165, 1.54) is 19.3 Å². The van der Waals surface area contributed by atoms with E-state index in [-0.39, 0.29) is 11.9 Å². The lowest BCUT2D eigenvalue weighted by atomic mass is 9.83. The predicted molar refractivity (Wildman–Crippen MR) is 85.8 cm³/mol. The summed E-state index contributed by atoms with van der Waals surface area (Å²) >= 11 is 5.16. The molecule has 0 saturated heterocycles. The molecule has 2 rings (SSSR count). The molecule has 3 N–H and O–H groups in total. The number of amides is 1. The van der Waals surface area contributed by atoms with Gasteiger partial charge in [-0.3, -0.25) is 4.79 Å². The summed E-state index contributed by atoms with van der Waals surface area (Å²) in [5, 5.41) is 3.04. The SMILES string of the molecule is Cc1ccccc1C(=O)NC(C(N)=S)C1CCCCC1. The highest BCUT2D eigenvalue weighted by atomic mass is 32.1. The Hall–Kier alpha value is -1.42. The lowest BCUT2D eigenvalue weighted by molar-refractivity contribution is 0.0931. The van der Waals surface area contributed by atoms with Crippen molar-refractivity contribution >= 4 is 23.1 Å². The molecule has 1 saturated carbocycles. The Morgan fingerprint density at radius 1 is 1.30 bits per heavy atom. The first kappa shape index (κ1) is 15.0. The van der Waals surface area contributed by atoms with Crippen LogP contribution in [-0.4, -0.2) is 16.9 Å². The summed E-state index contributed by atoms with van der Waals surface area (Å²) in [6, 6.07) is 7.39. The summed E-state index contributed by atoms with van der Waals surface area (Å²) in [6.45, 7) is 1.94. The fourth-order valence-electron chi connectivity index (χ4n) is 2.94. The molecule has 1 aromatic carbocycles. The van der Waals surface area contributed by atoms with Crippen LogP contribution in [-0.2, 0) is 0 Å². The Balaban J connectivity index is 2.10. The smallest absolute Gasteiger partial charge is 0.252 e. The quantitative estimate of drug-likeness (QED) is 0.838. The summed E-state index contributed by atoms with van der Waals surface area (Å²) < 4.78 is 0. The Bertz CT molecular complexity index is 495. The number of hydrogen-bond donors (Lipinski definition) is 2. The van der Waals surface area contributed by atoms with Crippen molar-refractivity contribution in [2.75, 3.05) is 0 Å². The highest BCUT2D eigenvalue weighted by Gasteiger charge is 2.27. The van der Waals surface area contributed by atoms with Crippen LogP contribution < -0.4 is 11.1 Å². The van der Waals surface area contributed by atoms with E-state index in [1.807, 2.05) is 31.2 Å². The van der Waals surface area contributed by atoms with Gasteiger partial charge in [0.1, 0.15) is 0 Å². The summed E-state index contributed by atoms with van der Waals surface area (Å²) in [4.78, 5) is 12.8. The molecule has 1 atom stereocenters. The molecule has 1 amide bonds. The van der Waals surface area contributed by atoms with Gasteiger partial charge in [-0.1, -0.05) is 49.7 Å². The number of carbonyl (C=O) groups is 1. The third-order valence-electron chi connectivity index (χ3n) is 4.10. The number of nitrogens with two attached hydrogens (primary N) is 1. The maximum atomic E-state index is 12.4. The Labute approximate surface area is 125 Å². The van der Waals surface area contributed by atoms with Gasteiger partial charge in [0.25, 0.3) is 5.91 Å². The average molecular weight is 290 g/mol. The number of thiocarbonyl (C=S) groups is 1. The lowest BCUT2D eigenvalue weighted by Gasteiger charge is -2.30. The molecule has 1 unspecified atom stereocenters. The zero-order chi connectivity index (χ0) is 14.5. The Morgan fingerprint density at radius 2 is 1.95 bits per heavy atom. The molecule has 3 nitrogen and oxygen atoms in total. The van der Waals surface area contributed by atoms with Gasteiger partial charge in [-0.2, -0.15) is 0 Å². The number of nitrogens with one attached hydrogen (secondary N) is 1. The van der Waals surface area contributed by atoms with Crippen molar-refractivity contribution in [3.63, 3.8) is 0 Å². The molecular formula is C16H22N2OS. The van der Waals surface area contributed by atoms with Gasteiger partial charge in [0.2, 0.25) is 0 Å². The van der Waals surface area contributed by atoms with Crippen molar-refractivity contribution in [1.29, 1.82) is 0 Å². The predicted octanol–water partition coefficient (Wildman–Crippen LogP) is 2.96. The molecule has 0 heterocycles. The summed E-state index contributed by atoms with van der Waals surface area (Å²) in [6.07, 6.45) is 5.85. The molecular weight excluding hydrogens is 268 g/mol. The lowest BCUT2D eigenvalue weighted by Crippen LogP contribution is -2.48. The molecule has 108 valence electrons. The van der Waals surface area contributed by atoms with E-state index in [0.29, 0.717) is 16.5 Å². The third-order valence-corrected chi connectivity index (χ3v) is 4.36. The zero-order valence-electron chi connectivity index (χ0n) is 11.9. The van der Waals surface area contributed by atoms with Gasteiger partial charge in [0.05, 0.1) is 11.0 Å². The molecule has 1 fully saturated rings. The van der Waals surface area contributed by atoms with E-state index >= 15 is 0 Å². The molecule has 0 aromatic heterocycles. The van der Waals surface area contributed by atoms with E-state index in [4.69, 9.17) is 18.0 Å². The average Bonchev–Trinajstić information content (AvgIpc) is 2.45. The minimum atomic E-state index is -0.183. The van der Waals surface area contributed by atoms with Crippen molar-refractivity contribution in [3.05, 3.63) is 35.4 Å². The first-order valence-electron chi connectivity index (χ1n) is 7.25. The number of hydrogen-bond acceptors (Lipinski definition) is 2. The standard InChI is InChI=1S/C16H22N2OS/c1-11-7-5-6-10-13(11)16(19)18-14(15(17)20)12-8-3-2-4-9-12/h5-7,10,12,14H,2-4,8-9H2,1H3,(H2,17,20)(H,18,19). The topological polar surface area (TPSA) is 55.1 Å². The Morgan fingerprint density at radius 3 is 2.55 bits per heavy atom. The van der Waals surface area contributed by atoms with Crippen molar-refractivity contribution in [2.45, 2.75) is 45.1 Å². The van der Waals surface area contributed by atoms with Gasteiger partial charge >= 0.3 is 0 Å². The molecule has 1 aromatic rings. The van der Waals surface area contributed by atoms with Gasteiger partial charge < -0.3 is 11.1 Å². The second-order valence-corrected chi connectivity index (χ2v) is 6.04. The summed E-state index contributed by atoms with van der Waals surface area (Å²) in [5.41, 5.74) is 7.52. The maximum Gasteiger partial charge on any atom is 0.252 e. The molecule has 20 heavy (non-hydrogen) atoms. The maximum absolute atomic E-state index is 12.4. The largest absolute Gasteiger partial charge is 0.392 e. The normalized spacial score (nSPS) is 17.4. The third kappa shape index (κ3) is 3.57. The van der Waals surface area contributed by atoms with Gasteiger partial charge in [-0.25, -0.2) is 0 Å². The van der Waals surface area contributed by atoms with Crippen molar-refractivity contribution < 1.29 is 4.79 Å². The number of rotatable bonds is 4. The van der Waals surface area contributed by atoms with Crippen molar-refractivity contribution in [3.8, 4) is 0 Å². The zero-order valence-corrected chi connectivity index (χ0v) is 12.7. The van der Waals surface area contributed by atoms with Crippen molar-refractivity contribution in [1.82, 2.24) is 5.32 Å². The summed E-state index contributed by atoms with van der Waals surface area (Å²) in [5.74, 6) is 0.306. The number of aryl methyl sites for hydroxylation is 1. The van der Waals surface area contributed by atoms with E-state index in [2.05, 4.69) is 5.32 Å². The highest BCUT2D eigenvalue weighted by Crippen LogP contribution is 2.27. The van der Waals surface area contributed by atoms with Gasteiger partial charge in [0.15, 0.2) is 0 Å². The number of benzene rings is 1. The monoisotopic (exact) mass is 290 g/mol. The fraction of sp³-hybridized carbons (Fsp3) is 0.500. The highest BCUT2D eigenvalue weighted by molar-refractivity contribution is 7.80.